The number of piperazine rings is 1. The third-order valence-electron chi connectivity index (χ3n) is 8.32. The molecule has 5 rings (SSSR count). The Morgan fingerprint density at radius 2 is 1.76 bits per heavy atom. The summed E-state index contributed by atoms with van der Waals surface area (Å²) in [5, 5.41) is 45.9. The van der Waals surface area contributed by atoms with Gasteiger partial charge in [0.15, 0.2) is 23.1 Å². The number of hydrogen-bond acceptors (Lipinski definition) is 11. The number of aromatic hydroxyl groups is 2. The number of hydrogen-bond donors (Lipinski definition) is 7. The quantitative estimate of drug-likeness (QED) is 0.0377. The summed E-state index contributed by atoms with van der Waals surface area (Å²) in [5.41, 5.74) is -2.11. The summed E-state index contributed by atoms with van der Waals surface area (Å²) in [6.45, 7) is -0.958. The number of imide groups is 1. The van der Waals surface area contributed by atoms with Gasteiger partial charge in [0.1, 0.15) is 23.2 Å². The predicted octanol–water partition coefficient (Wildman–Crippen LogP) is 0.782. The molecule has 284 valence electrons. The fourth-order valence-corrected chi connectivity index (χ4v) is 5.84. The lowest BCUT2D eigenvalue weighted by atomic mass is 9.72. The van der Waals surface area contributed by atoms with Gasteiger partial charge in [0.05, 0.1) is 16.5 Å². The Labute approximate surface area is 305 Å². The van der Waals surface area contributed by atoms with Gasteiger partial charge in [-0.2, -0.15) is 4.39 Å². The Balaban J connectivity index is 1.28. The number of phenolic OH excluding ortho intramolecular Hbond substituents is 2. The van der Waals surface area contributed by atoms with Crippen molar-refractivity contribution >= 4 is 54.3 Å². The first kappa shape index (κ1) is 39.1. The zero-order valence-electron chi connectivity index (χ0n) is 27.2. The number of carboxylic acid groups (broad SMARTS) is 1. The highest BCUT2D eigenvalue weighted by Crippen LogP contribution is 2.40. The summed E-state index contributed by atoms with van der Waals surface area (Å²) >= 11 is 6.10. The zero-order chi connectivity index (χ0) is 39.6. The van der Waals surface area contributed by atoms with Crippen LogP contribution in [-0.2, 0) is 20.8 Å². The number of amides is 6. The first-order chi connectivity index (χ1) is 25.5. The molecule has 1 fully saturated rings. The summed E-state index contributed by atoms with van der Waals surface area (Å²) in [6, 6.07) is -0.100. The lowest BCUT2D eigenvalue weighted by Gasteiger charge is -2.34. The van der Waals surface area contributed by atoms with Crippen LogP contribution in [0.2, 0.25) is 5.02 Å². The monoisotopic (exact) mass is 780 g/mol. The van der Waals surface area contributed by atoms with E-state index in [4.69, 9.17) is 16.3 Å². The first-order valence-corrected chi connectivity index (χ1v) is 16.0. The van der Waals surface area contributed by atoms with Crippen molar-refractivity contribution in [2.45, 2.75) is 24.8 Å². The SMILES string of the molecule is O=C(NCCCN1CCN(C(=O)NC(C(=O)NC2Cc3ccc(F)c(C(=O)O)c3OB2O)c2cc(F)c(O)c(O)c2Cl)C(=O)C1=O)c1ccnc(F)c1F. The highest BCUT2D eigenvalue weighted by Gasteiger charge is 2.42. The molecule has 2 aromatic carbocycles. The standard InChI is InChI=1S/C31H26BClF4N6O11/c33-19-14(11-16(35)22(44)23(19)45)21(27(47)40-17-10-12-2-3-15(34)18(30(50)51)24(12)54-32(17)53)41-31(52)43-9-8-42(28(48)29(43)49)7-1-5-39-26(46)13-4-6-38-25(37)20(13)36/h2-4,6,11,17,21,44-45,53H,1,5,7-10H2,(H,39,46)(H,40,47)(H,41,52)(H,50,51). The summed E-state index contributed by atoms with van der Waals surface area (Å²) < 4.78 is 61.1. The highest BCUT2D eigenvalue weighted by atomic mass is 35.5. The van der Waals surface area contributed by atoms with E-state index in [-0.39, 0.29) is 38.0 Å². The van der Waals surface area contributed by atoms with Gasteiger partial charge in [-0.05, 0) is 36.6 Å². The number of nitrogens with one attached hydrogen (secondary N) is 3. The third kappa shape index (κ3) is 7.78. The molecular weight excluding hydrogens is 755 g/mol. The molecule has 0 spiro atoms. The fourth-order valence-electron chi connectivity index (χ4n) is 5.59. The lowest BCUT2D eigenvalue weighted by Crippen LogP contribution is -2.60. The van der Waals surface area contributed by atoms with Crippen molar-refractivity contribution in [2.75, 3.05) is 26.2 Å². The van der Waals surface area contributed by atoms with E-state index in [1.54, 1.807) is 0 Å². The van der Waals surface area contributed by atoms with E-state index in [1.165, 1.54) is 0 Å². The van der Waals surface area contributed by atoms with Gasteiger partial charge < -0.3 is 45.8 Å². The van der Waals surface area contributed by atoms with Gasteiger partial charge >= 0.3 is 30.9 Å². The number of rotatable bonds is 10. The molecule has 2 unspecified atom stereocenters. The van der Waals surface area contributed by atoms with E-state index < -0.39 is 124 Å². The molecule has 1 aromatic heterocycles. The minimum Gasteiger partial charge on any atom is -0.534 e. The number of phenols is 2. The van der Waals surface area contributed by atoms with Crippen molar-refractivity contribution in [3.05, 3.63) is 81.1 Å². The maximum absolute atomic E-state index is 14.6. The molecule has 7 N–H and O–H groups in total. The second-order valence-electron chi connectivity index (χ2n) is 11.7. The minimum absolute atomic E-state index is 0.0383. The molecule has 6 amide bonds. The van der Waals surface area contributed by atoms with Gasteiger partial charge in [-0.1, -0.05) is 17.7 Å². The van der Waals surface area contributed by atoms with Gasteiger partial charge in [-0.15, -0.1) is 0 Å². The first-order valence-electron chi connectivity index (χ1n) is 15.6. The smallest absolute Gasteiger partial charge is 0.534 e. The van der Waals surface area contributed by atoms with E-state index in [1.807, 2.05) is 0 Å². The third-order valence-corrected chi connectivity index (χ3v) is 8.72. The number of pyridine rings is 1. The number of benzene rings is 2. The molecule has 2 atom stereocenters. The number of aromatic carboxylic acids is 1. The van der Waals surface area contributed by atoms with Crippen LogP contribution in [0.3, 0.4) is 0 Å². The average molecular weight is 781 g/mol. The minimum atomic E-state index is -2.11. The average Bonchev–Trinajstić information content (AvgIpc) is 3.12. The maximum atomic E-state index is 14.6. The largest absolute Gasteiger partial charge is 0.547 e. The lowest BCUT2D eigenvalue weighted by molar-refractivity contribution is -0.153. The number of halogens is 5. The number of nitrogens with zero attached hydrogens (tertiary/aromatic N) is 3. The van der Waals surface area contributed by atoms with Crippen LogP contribution in [-0.4, -0.2) is 110 Å². The van der Waals surface area contributed by atoms with Crippen LogP contribution in [0.4, 0.5) is 22.4 Å². The number of carbonyl (C=O) groups excluding carboxylic acids is 5. The Morgan fingerprint density at radius 3 is 2.46 bits per heavy atom. The molecule has 0 bridgehead atoms. The van der Waals surface area contributed by atoms with Crippen molar-refractivity contribution < 1.29 is 71.3 Å². The van der Waals surface area contributed by atoms with Crippen LogP contribution in [0.1, 0.15) is 44.3 Å². The Hall–Kier alpha value is -6.16. The second kappa shape index (κ2) is 15.8. The summed E-state index contributed by atoms with van der Waals surface area (Å²) in [6.07, 6.45) is 0.573. The molecule has 0 radical (unpaired) electrons. The van der Waals surface area contributed by atoms with Crippen molar-refractivity contribution in [3.63, 3.8) is 0 Å². The van der Waals surface area contributed by atoms with Crippen LogP contribution in [0, 0.1) is 23.4 Å². The topological polar surface area (TPSA) is 248 Å². The van der Waals surface area contributed by atoms with Gasteiger partial charge in [-0.25, -0.2) is 27.7 Å². The normalized spacial score (nSPS) is 16.0. The van der Waals surface area contributed by atoms with Gasteiger partial charge in [0, 0.05) is 37.9 Å². The van der Waals surface area contributed by atoms with Crippen LogP contribution < -0.4 is 20.6 Å². The van der Waals surface area contributed by atoms with Crippen molar-refractivity contribution in [1.82, 2.24) is 30.7 Å². The number of urea groups is 1. The molecular formula is C31H26BClF4N6O11. The molecule has 23 heteroatoms. The van der Waals surface area contributed by atoms with Crippen LogP contribution in [0.25, 0.3) is 0 Å². The fraction of sp³-hybridized carbons (Fsp3) is 0.258. The van der Waals surface area contributed by atoms with Crippen molar-refractivity contribution in [3.8, 4) is 17.2 Å². The van der Waals surface area contributed by atoms with Crippen molar-refractivity contribution in [2.24, 2.45) is 0 Å². The van der Waals surface area contributed by atoms with E-state index in [2.05, 4.69) is 20.9 Å². The zero-order valence-corrected chi connectivity index (χ0v) is 28.0. The summed E-state index contributed by atoms with van der Waals surface area (Å²) in [7, 11) is -2.00. The Bertz CT molecular complexity index is 2080. The molecule has 0 saturated carbocycles. The second-order valence-corrected chi connectivity index (χ2v) is 12.1. The van der Waals surface area contributed by atoms with E-state index >= 15 is 0 Å². The molecule has 54 heavy (non-hydrogen) atoms. The van der Waals surface area contributed by atoms with Crippen LogP contribution in [0.5, 0.6) is 17.2 Å². The van der Waals surface area contributed by atoms with E-state index in [0.717, 1.165) is 29.3 Å². The molecule has 2 aliphatic heterocycles. The number of carbonyl (C=O) groups is 6. The van der Waals surface area contributed by atoms with E-state index in [0.29, 0.717) is 11.0 Å². The molecule has 0 aliphatic carbocycles. The summed E-state index contributed by atoms with van der Waals surface area (Å²) in [4.78, 5) is 81.2. The molecule has 1 saturated heterocycles. The van der Waals surface area contributed by atoms with Crippen LogP contribution in [0.15, 0.2) is 30.5 Å². The Morgan fingerprint density at radius 1 is 1.04 bits per heavy atom. The molecule has 17 nitrogen and oxygen atoms in total. The highest BCUT2D eigenvalue weighted by molar-refractivity contribution is 6.47. The maximum Gasteiger partial charge on any atom is 0.547 e. The Kier molecular flexibility index (Phi) is 11.5. The number of aromatic nitrogens is 1. The van der Waals surface area contributed by atoms with Gasteiger partial charge in [0.25, 0.3) is 5.91 Å². The number of fused-ring (bicyclic) bond motifs is 1. The molecule has 2 aliphatic rings. The predicted molar refractivity (Wildman–Crippen MR) is 173 cm³/mol. The molecule has 3 aromatic rings. The number of carboxylic acids is 1. The van der Waals surface area contributed by atoms with E-state index in [9.17, 15) is 66.7 Å². The van der Waals surface area contributed by atoms with Gasteiger partial charge in [0.2, 0.25) is 11.9 Å². The van der Waals surface area contributed by atoms with Crippen molar-refractivity contribution in [1.29, 1.82) is 0 Å². The van der Waals surface area contributed by atoms with Gasteiger partial charge in [-0.3, -0.25) is 24.1 Å². The van der Waals surface area contributed by atoms with Crippen LogP contribution >= 0.6 is 11.6 Å². The molecule has 3 heterocycles. The summed E-state index contributed by atoms with van der Waals surface area (Å²) in [5.74, 6) is -16.6.